The molecule has 0 bridgehead atoms. The molecule has 0 aliphatic carbocycles. The first-order valence-corrected chi connectivity index (χ1v) is 9.35. The van der Waals surface area contributed by atoms with Crippen LogP contribution < -0.4 is 16.0 Å². The van der Waals surface area contributed by atoms with E-state index in [1.165, 1.54) is 5.56 Å². The Balaban J connectivity index is 2.02. The van der Waals surface area contributed by atoms with Crippen molar-refractivity contribution >= 4 is 11.9 Å². The van der Waals surface area contributed by atoms with E-state index in [0.717, 1.165) is 18.1 Å². The highest BCUT2D eigenvalue weighted by Gasteiger charge is 2.15. The summed E-state index contributed by atoms with van der Waals surface area (Å²) in [5, 5.41) is 9.57. The number of amides is 1. The monoisotopic (exact) mass is 366 g/mol. The van der Waals surface area contributed by atoms with Gasteiger partial charge in [-0.3, -0.25) is 4.79 Å². The normalized spacial score (nSPS) is 11.8. The van der Waals surface area contributed by atoms with E-state index in [-0.39, 0.29) is 11.4 Å². The van der Waals surface area contributed by atoms with Crippen LogP contribution in [0, 0.1) is 0 Å². The Morgan fingerprint density at radius 1 is 0.963 bits per heavy atom. The van der Waals surface area contributed by atoms with Gasteiger partial charge in [-0.2, -0.15) is 0 Å². The van der Waals surface area contributed by atoms with E-state index in [9.17, 15) is 4.79 Å². The lowest BCUT2D eigenvalue weighted by atomic mass is 10.1. The highest BCUT2D eigenvalue weighted by Crippen LogP contribution is 2.09. The van der Waals surface area contributed by atoms with Crippen LogP contribution in [0.1, 0.15) is 49.2 Å². The summed E-state index contributed by atoms with van der Waals surface area (Å²) < 4.78 is 0. The molecular formula is C22H30N4O. The number of nitrogens with zero attached hydrogens (tertiary/aromatic N) is 1. The average molecular weight is 367 g/mol. The van der Waals surface area contributed by atoms with Gasteiger partial charge in [0.25, 0.3) is 5.91 Å². The van der Waals surface area contributed by atoms with Crippen LogP contribution in [0.15, 0.2) is 59.6 Å². The Bertz CT molecular complexity index is 763. The largest absolute Gasteiger partial charge is 0.357 e. The zero-order chi connectivity index (χ0) is 19.7. The lowest BCUT2D eigenvalue weighted by Crippen LogP contribution is -2.40. The molecule has 0 heterocycles. The van der Waals surface area contributed by atoms with E-state index in [1.54, 1.807) is 0 Å². The molecule has 0 spiro atoms. The molecule has 0 aromatic heterocycles. The third-order valence-corrected chi connectivity index (χ3v) is 3.74. The minimum Gasteiger partial charge on any atom is -0.357 e. The van der Waals surface area contributed by atoms with Crippen LogP contribution >= 0.6 is 0 Å². The lowest BCUT2D eigenvalue weighted by molar-refractivity contribution is 0.0919. The zero-order valence-corrected chi connectivity index (χ0v) is 16.7. The van der Waals surface area contributed by atoms with Gasteiger partial charge in [-0.25, -0.2) is 4.99 Å². The molecule has 0 aliphatic heterocycles. The molecule has 0 atom stereocenters. The van der Waals surface area contributed by atoms with E-state index in [0.29, 0.717) is 18.7 Å². The fourth-order valence-electron chi connectivity index (χ4n) is 2.52. The van der Waals surface area contributed by atoms with Crippen LogP contribution in [0.25, 0.3) is 0 Å². The Hall–Kier alpha value is -2.82. The van der Waals surface area contributed by atoms with Crippen LogP contribution in [0.3, 0.4) is 0 Å². The van der Waals surface area contributed by atoms with Gasteiger partial charge in [0.15, 0.2) is 5.96 Å². The number of nitrogens with one attached hydrogen (secondary N) is 3. The minimum absolute atomic E-state index is 0.0672. The summed E-state index contributed by atoms with van der Waals surface area (Å²) in [6.45, 7) is 9.95. The summed E-state index contributed by atoms with van der Waals surface area (Å²) in [6.07, 6.45) is 0. The van der Waals surface area contributed by atoms with Crippen molar-refractivity contribution in [3.63, 3.8) is 0 Å². The van der Waals surface area contributed by atoms with Crippen LogP contribution in [-0.4, -0.2) is 24.0 Å². The highest BCUT2D eigenvalue weighted by molar-refractivity contribution is 5.94. The summed E-state index contributed by atoms with van der Waals surface area (Å²) >= 11 is 0. The van der Waals surface area contributed by atoms with E-state index in [2.05, 4.69) is 33.1 Å². The van der Waals surface area contributed by atoms with Crippen LogP contribution in [0.5, 0.6) is 0 Å². The summed E-state index contributed by atoms with van der Waals surface area (Å²) in [5.41, 5.74) is 2.59. The van der Waals surface area contributed by atoms with Crippen molar-refractivity contribution in [1.29, 1.82) is 0 Å². The van der Waals surface area contributed by atoms with Crippen molar-refractivity contribution in [2.24, 2.45) is 4.99 Å². The van der Waals surface area contributed by atoms with Gasteiger partial charge < -0.3 is 16.0 Å². The molecule has 3 N–H and O–H groups in total. The first kappa shape index (κ1) is 20.5. The maximum Gasteiger partial charge on any atom is 0.251 e. The number of carbonyl (C=O) groups is 1. The van der Waals surface area contributed by atoms with Gasteiger partial charge in [0.1, 0.15) is 0 Å². The Labute approximate surface area is 162 Å². The summed E-state index contributed by atoms with van der Waals surface area (Å²) in [4.78, 5) is 17.0. The van der Waals surface area contributed by atoms with Gasteiger partial charge >= 0.3 is 0 Å². The van der Waals surface area contributed by atoms with Gasteiger partial charge in [-0.05, 0) is 51.0 Å². The second kappa shape index (κ2) is 9.76. The molecule has 0 saturated carbocycles. The minimum atomic E-state index is -0.259. The second-order valence-electron chi connectivity index (χ2n) is 7.44. The van der Waals surface area contributed by atoms with Crippen LogP contribution in [0.2, 0.25) is 0 Å². The molecule has 0 radical (unpaired) electrons. The lowest BCUT2D eigenvalue weighted by Gasteiger charge is -2.20. The summed E-state index contributed by atoms with van der Waals surface area (Å²) in [7, 11) is 0. The molecule has 1 amide bonds. The van der Waals surface area contributed by atoms with Crippen molar-refractivity contribution in [3.05, 3.63) is 71.3 Å². The molecule has 0 unspecified atom stereocenters. The molecule has 0 saturated heterocycles. The molecule has 2 aromatic carbocycles. The van der Waals surface area contributed by atoms with E-state index in [1.807, 2.05) is 70.2 Å². The Morgan fingerprint density at radius 2 is 1.67 bits per heavy atom. The first-order chi connectivity index (χ1) is 12.9. The maximum absolute atomic E-state index is 12.3. The van der Waals surface area contributed by atoms with Crippen LogP contribution in [0.4, 0.5) is 0 Å². The predicted molar refractivity (Wildman–Crippen MR) is 112 cm³/mol. The third-order valence-electron chi connectivity index (χ3n) is 3.74. The van der Waals surface area contributed by atoms with Gasteiger partial charge in [0, 0.05) is 24.2 Å². The van der Waals surface area contributed by atoms with E-state index >= 15 is 0 Å². The number of aliphatic imine (C=N–C) groups is 1. The van der Waals surface area contributed by atoms with Crippen molar-refractivity contribution < 1.29 is 4.79 Å². The molecule has 2 rings (SSSR count). The molecule has 27 heavy (non-hydrogen) atoms. The molecule has 144 valence electrons. The Morgan fingerprint density at radius 3 is 2.33 bits per heavy atom. The van der Waals surface area contributed by atoms with Crippen LogP contribution in [-0.2, 0) is 13.1 Å². The van der Waals surface area contributed by atoms with Crippen molar-refractivity contribution in [3.8, 4) is 0 Å². The molecular weight excluding hydrogens is 336 g/mol. The standard InChI is InChI=1S/C22H30N4O/c1-5-23-21(24-15-17-10-7-6-8-11-17)25-16-18-12-9-13-19(14-18)20(27)26-22(2,3)4/h6-14H,5,15-16H2,1-4H3,(H,26,27)(H2,23,24,25). The SMILES string of the molecule is CCNC(=NCc1cccc(C(=O)NC(C)(C)C)c1)NCc1ccccc1. The molecule has 5 heteroatoms. The van der Waals surface area contributed by atoms with Crippen molar-refractivity contribution in [2.75, 3.05) is 6.54 Å². The third kappa shape index (κ3) is 7.52. The maximum atomic E-state index is 12.3. The van der Waals surface area contributed by atoms with Gasteiger partial charge in [0.2, 0.25) is 0 Å². The molecule has 0 fully saturated rings. The van der Waals surface area contributed by atoms with Gasteiger partial charge in [0.05, 0.1) is 6.54 Å². The molecule has 2 aromatic rings. The number of hydrogen-bond acceptors (Lipinski definition) is 2. The quantitative estimate of drug-likeness (QED) is 0.542. The molecule has 5 nitrogen and oxygen atoms in total. The van der Waals surface area contributed by atoms with Gasteiger partial charge in [-0.1, -0.05) is 42.5 Å². The number of hydrogen-bond donors (Lipinski definition) is 3. The van der Waals surface area contributed by atoms with E-state index < -0.39 is 0 Å². The Kier molecular flexibility index (Phi) is 7.41. The fourth-order valence-corrected chi connectivity index (χ4v) is 2.52. The second-order valence-corrected chi connectivity index (χ2v) is 7.44. The fraction of sp³-hybridized carbons (Fsp3) is 0.364. The topological polar surface area (TPSA) is 65.5 Å². The predicted octanol–water partition coefficient (Wildman–Crippen LogP) is 3.47. The molecule has 0 aliphatic rings. The summed E-state index contributed by atoms with van der Waals surface area (Å²) in [5.74, 6) is 0.688. The zero-order valence-electron chi connectivity index (χ0n) is 16.7. The van der Waals surface area contributed by atoms with Crippen molar-refractivity contribution in [2.45, 2.75) is 46.3 Å². The highest BCUT2D eigenvalue weighted by atomic mass is 16.1. The number of carbonyl (C=O) groups excluding carboxylic acids is 1. The van der Waals surface area contributed by atoms with E-state index in [4.69, 9.17) is 0 Å². The number of benzene rings is 2. The van der Waals surface area contributed by atoms with Crippen molar-refractivity contribution in [1.82, 2.24) is 16.0 Å². The smallest absolute Gasteiger partial charge is 0.251 e. The van der Waals surface area contributed by atoms with Gasteiger partial charge in [-0.15, -0.1) is 0 Å². The average Bonchev–Trinajstić information content (AvgIpc) is 2.64. The number of guanidine groups is 1. The first-order valence-electron chi connectivity index (χ1n) is 9.35. The summed E-state index contributed by atoms with van der Waals surface area (Å²) in [6, 6.07) is 17.8. The number of rotatable bonds is 6.